The van der Waals surface area contributed by atoms with Crippen molar-refractivity contribution in [2.24, 2.45) is 5.73 Å². The van der Waals surface area contributed by atoms with Gasteiger partial charge in [0.15, 0.2) is 0 Å². The molecule has 0 bridgehead atoms. The number of carbonyl (C=O) groups is 1. The summed E-state index contributed by atoms with van der Waals surface area (Å²) in [5, 5.41) is 10.1. The molecule has 0 fully saturated rings. The normalized spacial score (nSPS) is 9.58. The number of benzene rings is 1. The summed E-state index contributed by atoms with van der Waals surface area (Å²) in [6.07, 6.45) is 0. The lowest BCUT2D eigenvalue weighted by molar-refractivity contribution is 0.102. The maximum absolute atomic E-state index is 12.1. The van der Waals surface area contributed by atoms with E-state index in [1.165, 1.54) is 0 Å². The molecule has 2 rings (SSSR count). The number of anilines is 1. The average molecular weight is 273 g/mol. The van der Waals surface area contributed by atoms with Crippen LogP contribution in [0.1, 0.15) is 21.5 Å². The van der Waals surface area contributed by atoms with Crippen LogP contribution in [-0.4, -0.2) is 27.3 Å². The van der Waals surface area contributed by atoms with Crippen LogP contribution in [0.3, 0.4) is 0 Å². The second-order valence-corrected chi connectivity index (χ2v) is 4.34. The van der Waals surface area contributed by atoms with Gasteiger partial charge >= 0.3 is 0 Å². The number of nitrogens with zero attached hydrogens (tertiary/aromatic N) is 3. The summed E-state index contributed by atoms with van der Waals surface area (Å²) in [7, 11) is 0. The van der Waals surface area contributed by atoms with E-state index in [-0.39, 0.29) is 12.5 Å². The largest absolute Gasteiger partial charge is 0.320 e. The number of aromatic nitrogens is 3. The Kier molecular flexibility index (Phi) is 4.18. The standard InChI is InChI=1S/C12H11N5OS/c1-8-9(5-3-7-13)4-2-6-10(8)11(18)14-12-15-16-17-19-12/h2,4,6H,7,13H2,1H3,(H,14,15,17,18). The SMILES string of the molecule is Cc1c(C#CCN)cccc1C(=O)Nc1nnns1. The summed E-state index contributed by atoms with van der Waals surface area (Å²) in [6, 6.07) is 5.36. The molecule has 1 aromatic heterocycles. The molecule has 1 heterocycles. The molecule has 0 radical (unpaired) electrons. The summed E-state index contributed by atoms with van der Waals surface area (Å²) in [6.45, 7) is 2.13. The second kappa shape index (κ2) is 6.04. The first-order chi connectivity index (χ1) is 9.22. The van der Waals surface area contributed by atoms with Crippen LogP contribution in [0.15, 0.2) is 18.2 Å². The van der Waals surface area contributed by atoms with E-state index >= 15 is 0 Å². The molecular formula is C12H11N5OS. The van der Waals surface area contributed by atoms with Crippen molar-refractivity contribution < 1.29 is 4.79 Å². The Morgan fingerprint density at radius 3 is 3.05 bits per heavy atom. The molecule has 0 aliphatic heterocycles. The van der Waals surface area contributed by atoms with Crippen molar-refractivity contribution in [1.82, 2.24) is 14.8 Å². The molecule has 19 heavy (non-hydrogen) atoms. The fourth-order valence-corrected chi connectivity index (χ4v) is 1.87. The molecule has 0 spiro atoms. The van der Waals surface area contributed by atoms with Gasteiger partial charge in [0.25, 0.3) is 5.91 Å². The minimum atomic E-state index is -0.257. The van der Waals surface area contributed by atoms with Crippen molar-refractivity contribution in [3.8, 4) is 11.8 Å². The van der Waals surface area contributed by atoms with Crippen molar-refractivity contribution in [2.45, 2.75) is 6.92 Å². The van der Waals surface area contributed by atoms with Gasteiger partial charge in [0.2, 0.25) is 5.13 Å². The Hall–Kier alpha value is -2.30. The Balaban J connectivity index is 2.27. The van der Waals surface area contributed by atoms with E-state index in [9.17, 15) is 4.79 Å². The van der Waals surface area contributed by atoms with Crippen LogP contribution in [0, 0.1) is 18.8 Å². The topological polar surface area (TPSA) is 93.8 Å². The van der Waals surface area contributed by atoms with E-state index in [1.807, 2.05) is 13.0 Å². The molecule has 1 aromatic carbocycles. The van der Waals surface area contributed by atoms with Gasteiger partial charge in [0.1, 0.15) is 0 Å². The van der Waals surface area contributed by atoms with Gasteiger partial charge in [-0.15, -0.1) is 0 Å². The first-order valence-corrected chi connectivity index (χ1v) is 6.24. The molecular weight excluding hydrogens is 262 g/mol. The highest BCUT2D eigenvalue weighted by atomic mass is 32.1. The highest BCUT2D eigenvalue weighted by Crippen LogP contribution is 2.15. The molecule has 96 valence electrons. The number of hydrogen-bond acceptors (Lipinski definition) is 6. The molecule has 0 aliphatic carbocycles. The lowest BCUT2D eigenvalue weighted by atomic mass is 10.0. The van der Waals surface area contributed by atoms with E-state index < -0.39 is 0 Å². The van der Waals surface area contributed by atoms with E-state index in [0.717, 1.165) is 22.7 Å². The quantitative estimate of drug-likeness (QED) is 0.789. The first kappa shape index (κ1) is 13.1. The fourth-order valence-electron chi connectivity index (χ4n) is 1.51. The summed E-state index contributed by atoms with van der Waals surface area (Å²) >= 11 is 1.02. The molecule has 3 N–H and O–H groups in total. The molecule has 0 atom stereocenters. The van der Waals surface area contributed by atoms with Gasteiger partial charge in [-0.05, 0) is 29.8 Å². The molecule has 2 aromatic rings. The highest BCUT2D eigenvalue weighted by molar-refractivity contribution is 7.09. The predicted molar refractivity (Wildman–Crippen MR) is 72.8 cm³/mol. The zero-order valence-corrected chi connectivity index (χ0v) is 11.0. The van der Waals surface area contributed by atoms with Gasteiger partial charge in [0.05, 0.1) is 6.54 Å². The third-order valence-corrected chi connectivity index (χ3v) is 2.93. The van der Waals surface area contributed by atoms with Gasteiger partial charge in [0, 0.05) is 22.7 Å². The molecule has 0 aliphatic rings. The summed E-state index contributed by atoms with van der Waals surface area (Å²) in [4.78, 5) is 12.1. The highest BCUT2D eigenvalue weighted by Gasteiger charge is 2.12. The molecule has 0 unspecified atom stereocenters. The van der Waals surface area contributed by atoms with Gasteiger partial charge in [-0.1, -0.05) is 27.5 Å². The van der Waals surface area contributed by atoms with Crippen molar-refractivity contribution in [3.63, 3.8) is 0 Å². The Bertz CT molecular complexity index is 642. The zero-order valence-electron chi connectivity index (χ0n) is 10.2. The van der Waals surface area contributed by atoms with E-state index in [4.69, 9.17) is 5.73 Å². The Morgan fingerprint density at radius 1 is 1.53 bits per heavy atom. The minimum Gasteiger partial charge on any atom is -0.320 e. The van der Waals surface area contributed by atoms with Gasteiger partial charge < -0.3 is 5.73 Å². The fraction of sp³-hybridized carbons (Fsp3) is 0.167. The molecule has 0 saturated heterocycles. The first-order valence-electron chi connectivity index (χ1n) is 5.47. The van der Waals surface area contributed by atoms with Crippen LogP contribution in [0.5, 0.6) is 0 Å². The van der Waals surface area contributed by atoms with Crippen molar-refractivity contribution in [1.29, 1.82) is 0 Å². The number of amides is 1. The monoisotopic (exact) mass is 273 g/mol. The van der Waals surface area contributed by atoms with Gasteiger partial charge in [-0.2, -0.15) is 0 Å². The molecule has 6 nitrogen and oxygen atoms in total. The third-order valence-electron chi connectivity index (χ3n) is 2.42. The van der Waals surface area contributed by atoms with Crippen LogP contribution >= 0.6 is 11.5 Å². The van der Waals surface area contributed by atoms with E-state index in [2.05, 4.69) is 32.0 Å². The lowest BCUT2D eigenvalue weighted by Gasteiger charge is -2.06. The van der Waals surface area contributed by atoms with E-state index in [0.29, 0.717) is 10.7 Å². The van der Waals surface area contributed by atoms with Gasteiger partial charge in [-0.25, -0.2) is 0 Å². The van der Waals surface area contributed by atoms with Crippen molar-refractivity contribution in [3.05, 3.63) is 34.9 Å². The Labute approximate surface area is 114 Å². The third kappa shape index (κ3) is 3.13. The molecule has 1 amide bonds. The number of nitrogens with one attached hydrogen (secondary N) is 1. The van der Waals surface area contributed by atoms with Crippen molar-refractivity contribution >= 4 is 22.6 Å². The summed E-state index contributed by atoms with van der Waals surface area (Å²) in [5.41, 5.74) is 7.47. The summed E-state index contributed by atoms with van der Waals surface area (Å²) < 4.78 is 3.58. The number of hydrogen-bond donors (Lipinski definition) is 2. The smallest absolute Gasteiger partial charge is 0.257 e. The van der Waals surface area contributed by atoms with Crippen molar-refractivity contribution in [2.75, 3.05) is 11.9 Å². The maximum atomic E-state index is 12.1. The van der Waals surface area contributed by atoms with Crippen LogP contribution in [-0.2, 0) is 0 Å². The van der Waals surface area contributed by atoms with Crippen LogP contribution in [0.4, 0.5) is 5.13 Å². The summed E-state index contributed by atoms with van der Waals surface area (Å²) in [5.74, 6) is 5.45. The molecule has 7 heteroatoms. The number of carbonyl (C=O) groups excluding carboxylic acids is 1. The average Bonchev–Trinajstić information content (AvgIpc) is 2.90. The second-order valence-electron chi connectivity index (χ2n) is 3.61. The molecule has 0 saturated carbocycles. The van der Waals surface area contributed by atoms with Crippen LogP contribution in [0.25, 0.3) is 0 Å². The van der Waals surface area contributed by atoms with Crippen LogP contribution < -0.4 is 11.1 Å². The maximum Gasteiger partial charge on any atom is 0.257 e. The lowest BCUT2D eigenvalue weighted by Crippen LogP contribution is -2.13. The van der Waals surface area contributed by atoms with Crippen LogP contribution in [0.2, 0.25) is 0 Å². The number of rotatable bonds is 2. The zero-order chi connectivity index (χ0) is 13.7. The predicted octanol–water partition coefficient (Wildman–Crippen LogP) is 0.804. The number of nitrogens with two attached hydrogens (primary N) is 1. The van der Waals surface area contributed by atoms with E-state index in [1.54, 1.807) is 12.1 Å². The van der Waals surface area contributed by atoms with Gasteiger partial charge in [-0.3, -0.25) is 10.1 Å². The minimum absolute atomic E-state index is 0.257. The Morgan fingerprint density at radius 2 is 2.37 bits per heavy atom.